The molecule has 1 saturated heterocycles. The Bertz CT molecular complexity index is 356. The van der Waals surface area contributed by atoms with Gasteiger partial charge in [0.2, 0.25) is 5.91 Å². The van der Waals surface area contributed by atoms with E-state index in [4.69, 9.17) is 16.3 Å². The van der Waals surface area contributed by atoms with E-state index in [1.54, 1.807) is 18.5 Å². The van der Waals surface area contributed by atoms with Crippen molar-refractivity contribution < 1.29 is 9.53 Å². The molecule has 1 aromatic heterocycles. The lowest BCUT2D eigenvalue weighted by Gasteiger charge is -2.24. The summed E-state index contributed by atoms with van der Waals surface area (Å²) in [6.07, 6.45) is 3.25. The molecule has 0 aromatic carbocycles. The monoisotopic (exact) mass is 212 g/mol. The minimum atomic E-state index is -0.183. The second-order valence-electron chi connectivity index (χ2n) is 3.03. The largest absolute Gasteiger partial charge is 0.369 e. The zero-order valence-electron chi connectivity index (χ0n) is 7.37. The number of pyridine rings is 1. The first-order chi connectivity index (χ1) is 6.77. The smallest absolute Gasteiger partial charge is 0.246 e. The first-order valence-electron chi connectivity index (χ1n) is 4.24. The summed E-state index contributed by atoms with van der Waals surface area (Å²) in [5.41, 5.74) is 0.794. The third-order valence-corrected chi connectivity index (χ3v) is 2.37. The number of halogens is 1. The van der Waals surface area contributed by atoms with Gasteiger partial charge in [-0.25, -0.2) is 0 Å². The molecule has 5 heteroatoms. The molecule has 1 unspecified atom stereocenters. The van der Waals surface area contributed by atoms with Gasteiger partial charge in [0, 0.05) is 23.0 Å². The van der Waals surface area contributed by atoms with E-state index in [0.717, 1.165) is 5.56 Å². The van der Waals surface area contributed by atoms with Crippen LogP contribution in [0, 0.1) is 0 Å². The average Bonchev–Trinajstić information content (AvgIpc) is 2.18. The summed E-state index contributed by atoms with van der Waals surface area (Å²) in [5, 5.41) is 3.38. The maximum absolute atomic E-state index is 11.1. The first-order valence-corrected chi connectivity index (χ1v) is 4.61. The fourth-order valence-electron chi connectivity index (χ4n) is 1.36. The van der Waals surface area contributed by atoms with Crippen LogP contribution in [0.1, 0.15) is 11.6 Å². The zero-order chi connectivity index (χ0) is 9.97. The average molecular weight is 213 g/mol. The topological polar surface area (TPSA) is 51.2 Å². The van der Waals surface area contributed by atoms with Gasteiger partial charge in [0.15, 0.2) is 0 Å². The Hall–Kier alpha value is -1.13. The van der Waals surface area contributed by atoms with Crippen LogP contribution < -0.4 is 5.32 Å². The summed E-state index contributed by atoms with van der Waals surface area (Å²) in [6, 6.07) is 1.51. The fourth-order valence-corrected chi connectivity index (χ4v) is 1.60. The molecule has 1 aromatic rings. The molecule has 1 fully saturated rings. The van der Waals surface area contributed by atoms with Crippen molar-refractivity contribution >= 4 is 17.5 Å². The van der Waals surface area contributed by atoms with Gasteiger partial charge in [-0.2, -0.15) is 0 Å². The van der Waals surface area contributed by atoms with E-state index in [1.165, 1.54) is 0 Å². The van der Waals surface area contributed by atoms with Gasteiger partial charge in [-0.1, -0.05) is 11.6 Å². The molecule has 1 aliphatic heterocycles. The molecule has 2 rings (SSSR count). The summed E-state index contributed by atoms with van der Waals surface area (Å²) in [7, 11) is 0. The Kier molecular flexibility index (Phi) is 2.65. The van der Waals surface area contributed by atoms with E-state index in [0.29, 0.717) is 11.6 Å². The number of nitrogens with zero attached hydrogens (tertiary/aromatic N) is 1. The second kappa shape index (κ2) is 3.94. The van der Waals surface area contributed by atoms with E-state index in [1.807, 2.05) is 0 Å². The minimum Gasteiger partial charge on any atom is -0.369 e. The lowest BCUT2D eigenvalue weighted by atomic mass is 10.1. The Morgan fingerprint density at radius 1 is 1.64 bits per heavy atom. The van der Waals surface area contributed by atoms with Gasteiger partial charge in [-0.05, 0) is 6.07 Å². The number of amides is 1. The van der Waals surface area contributed by atoms with Gasteiger partial charge >= 0.3 is 0 Å². The van der Waals surface area contributed by atoms with Crippen LogP contribution >= 0.6 is 11.6 Å². The fraction of sp³-hybridized carbons (Fsp3) is 0.333. The van der Waals surface area contributed by atoms with Gasteiger partial charge in [0.25, 0.3) is 0 Å². The Balaban J connectivity index is 2.22. The Labute approximate surface area is 86.2 Å². The standard InChI is InChI=1S/C9H9ClN2O2/c10-7-1-2-11-3-6(7)8-4-14-5-9(13)12-8/h1-3,8H,4-5H2,(H,12,13). The number of aromatic nitrogens is 1. The molecule has 0 spiro atoms. The second-order valence-corrected chi connectivity index (χ2v) is 3.44. The SMILES string of the molecule is O=C1COCC(c2cnccc2Cl)N1. The highest BCUT2D eigenvalue weighted by molar-refractivity contribution is 6.31. The summed E-state index contributed by atoms with van der Waals surface area (Å²) >= 11 is 5.96. The molecule has 1 amide bonds. The highest BCUT2D eigenvalue weighted by Crippen LogP contribution is 2.22. The van der Waals surface area contributed by atoms with E-state index in [-0.39, 0.29) is 18.6 Å². The van der Waals surface area contributed by atoms with Crippen molar-refractivity contribution in [2.45, 2.75) is 6.04 Å². The Morgan fingerprint density at radius 3 is 3.21 bits per heavy atom. The number of carbonyl (C=O) groups excluding carboxylic acids is 1. The lowest BCUT2D eigenvalue weighted by molar-refractivity contribution is -0.131. The molecule has 1 N–H and O–H groups in total. The molecule has 1 aliphatic rings. The van der Waals surface area contributed by atoms with Crippen LogP contribution in [-0.4, -0.2) is 24.1 Å². The maximum atomic E-state index is 11.1. The van der Waals surface area contributed by atoms with E-state index in [9.17, 15) is 4.79 Å². The van der Waals surface area contributed by atoms with Gasteiger partial charge in [-0.3, -0.25) is 9.78 Å². The zero-order valence-corrected chi connectivity index (χ0v) is 8.12. The Morgan fingerprint density at radius 2 is 2.50 bits per heavy atom. The van der Waals surface area contributed by atoms with E-state index in [2.05, 4.69) is 10.3 Å². The predicted molar refractivity (Wildman–Crippen MR) is 50.9 cm³/mol. The molecule has 74 valence electrons. The van der Waals surface area contributed by atoms with Gasteiger partial charge in [-0.15, -0.1) is 0 Å². The molecule has 0 saturated carbocycles. The van der Waals surface area contributed by atoms with Crippen LogP contribution in [0.4, 0.5) is 0 Å². The molecule has 14 heavy (non-hydrogen) atoms. The van der Waals surface area contributed by atoms with Crippen molar-refractivity contribution in [3.8, 4) is 0 Å². The number of rotatable bonds is 1. The van der Waals surface area contributed by atoms with Crippen LogP contribution in [0.15, 0.2) is 18.5 Å². The number of hydrogen-bond donors (Lipinski definition) is 1. The van der Waals surface area contributed by atoms with Crippen LogP contribution in [0.3, 0.4) is 0 Å². The van der Waals surface area contributed by atoms with Gasteiger partial charge < -0.3 is 10.1 Å². The van der Waals surface area contributed by atoms with Crippen molar-refractivity contribution in [1.29, 1.82) is 0 Å². The third-order valence-electron chi connectivity index (χ3n) is 2.02. The molecule has 2 heterocycles. The molecule has 0 bridgehead atoms. The van der Waals surface area contributed by atoms with E-state index < -0.39 is 0 Å². The summed E-state index contributed by atoms with van der Waals surface area (Å²) < 4.78 is 5.11. The summed E-state index contributed by atoms with van der Waals surface area (Å²) in [6.45, 7) is 0.561. The van der Waals surface area contributed by atoms with Crippen LogP contribution in [0.25, 0.3) is 0 Å². The lowest BCUT2D eigenvalue weighted by Crippen LogP contribution is -2.39. The number of morpholine rings is 1. The normalized spacial score (nSPS) is 21.8. The molecular weight excluding hydrogens is 204 g/mol. The van der Waals surface area contributed by atoms with Crippen molar-refractivity contribution in [2.75, 3.05) is 13.2 Å². The number of hydrogen-bond acceptors (Lipinski definition) is 3. The number of nitrogens with one attached hydrogen (secondary N) is 1. The van der Waals surface area contributed by atoms with Crippen molar-refractivity contribution in [3.05, 3.63) is 29.0 Å². The van der Waals surface area contributed by atoms with Crippen molar-refractivity contribution in [1.82, 2.24) is 10.3 Å². The van der Waals surface area contributed by atoms with Crippen LogP contribution in [0.2, 0.25) is 5.02 Å². The van der Waals surface area contributed by atoms with Crippen molar-refractivity contribution in [3.63, 3.8) is 0 Å². The number of carbonyl (C=O) groups is 1. The molecule has 4 nitrogen and oxygen atoms in total. The molecular formula is C9H9ClN2O2. The minimum absolute atomic E-state index is 0.119. The van der Waals surface area contributed by atoms with Crippen LogP contribution in [0.5, 0.6) is 0 Å². The third kappa shape index (κ3) is 1.86. The summed E-state index contributed by atoms with van der Waals surface area (Å²) in [5.74, 6) is -0.124. The predicted octanol–water partition coefficient (Wildman–Crippen LogP) is 0.923. The first kappa shape index (κ1) is 9.43. The maximum Gasteiger partial charge on any atom is 0.246 e. The molecule has 0 aliphatic carbocycles. The molecule has 0 radical (unpaired) electrons. The quantitative estimate of drug-likeness (QED) is 0.753. The number of ether oxygens (including phenoxy) is 1. The van der Waals surface area contributed by atoms with Crippen LogP contribution in [-0.2, 0) is 9.53 Å². The highest BCUT2D eigenvalue weighted by atomic mass is 35.5. The van der Waals surface area contributed by atoms with Gasteiger partial charge in [0.05, 0.1) is 12.6 Å². The summed E-state index contributed by atoms with van der Waals surface area (Å²) in [4.78, 5) is 15.0. The highest BCUT2D eigenvalue weighted by Gasteiger charge is 2.22. The molecule has 1 atom stereocenters. The van der Waals surface area contributed by atoms with Gasteiger partial charge in [0.1, 0.15) is 6.61 Å². The van der Waals surface area contributed by atoms with E-state index >= 15 is 0 Å². The van der Waals surface area contributed by atoms with Crippen molar-refractivity contribution in [2.24, 2.45) is 0 Å².